The van der Waals surface area contributed by atoms with Gasteiger partial charge in [-0.05, 0) is 31.9 Å². The smallest absolute Gasteiger partial charge is 0.244 e. The van der Waals surface area contributed by atoms with Crippen molar-refractivity contribution in [3.05, 3.63) is 29.9 Å². The van der Waals surface area contributed by atoms with Gasteiger partial charge in [-0.1, -0.05) is 5.16 Å². The first kappa shape index (κ1) is 16.3. The van der Waals surface area contributed by atoms with Crippen LogP contribution in [0.5, 0.6) is 11.5 Å². The van der Waals surface area contributed by atoms with Crippen molar-refractivity contribution in [1.29, 1.82) is 0 Å². The van der Waals surface area contributed by atoms with Crippen LogP contribution in [-0.2, 0) is 10.0 Å². The van der Waals surface area contributed by atoms with E-state index in [2.05, 4.69) is 14.9 Å². The predicted octanol–water partition coefficient (Wildman–Crippen LogP) is 2.15. The summed E-state index contributed by atoms with van der Waals surface area (Å²) in [7, 11) is -3.76. The molecule has 1 aromatic heterocycles. The van der Waals surface area contributed by atoms with Crippen molar-refractivity contribution in [1.82, 2.24) is 14.9 Å². The van der Waals surface area contributed by atoms with Crippen molar-refractivity contribution < 1.29 is 22.4 Å². The minimum absolute atomic E-state index is 0.102. The van der Waals surface area contributed by atoms with Gasteiger partial charge in [-0.2, -0.15) is 9.71 Å². The number of nitrogens with zero attached hydrogens (tertiary/aromatic N) is 2. The minimum Gasteiger partial charge on any atom is -0.490 e. The van der Waals surface area contributed by atoms with E-state index in [4.69, 9.17) is 14.0 Å². The summed E-state index contributed by atoms with van der Waals surface area (Å²) in [6.07, 6.45) is 2.86. The standard InChI is InChI=1S/C16H19N3O5S/c1-10(16-17-15(18-24-16)11-3-4-11)19-25(20,21)12-5-6-13-14(9-12)23-8-2-7-22-13/h5-6,9-11,19H,2-4,7-8H2,1H3/t10-/m0/s1. The monoisotopic (exact) mass is 365 g/mol. The Labute approximate surface area is 145 Å². The van der Waals surface area contributed by atoms with Crippen LogP contribution in [0.15, 0.2) is 27.6 Å². The summed E-state index contributed by atoms with van der Waals surface area (Å²) in [6.45, 7) is 2.71. The molecule has 2 aromatic rings. The molecular formula is C16H19N3O5S. The third-order valence-electron chi connectivity index (χ3n) is 4.13. The maximum Gasteiger partial charge on any atom is 0.244 e. The zero-order valence-electron chi connectivity index (χ0n) is 13.8. The third kappa shape index (κ3) is 3.47. The van der Waals surface area contributed by atoms with Crippen molar-refractivity contribution >= 4 is 10.0 Å². The fourth-order valence-corrected chi connectivity index (χ4v) is 3.80. The quantitative estimate of drug-likeness (QED) is 0.866. The molecule has 0 bridgehead atoms. The molecule has 0 amide bonds. The van der Waals surface area contributed by atoms with Gasteiger partial charge in [0.1, 0.15) is 0 Å². The van der Waals surface area contributed by atoms with Gasteiger partial charge in [0.2, 0.25) is 15.9 Å². The van der Waals surface area contributed by atoms with Gasteiger partial charge in [0, 0.05) is 18.4 Å². The Bertz CT molecular complexity index is 876. The second-order valence-corrected chi connectivity index (χ2v) is 7.98. The molecule has 1 saturated carbocycles. The topological polar surface area (TPSA) is 104 Å². The first-order valence-corrected chi connectivity index (χ1v) is 9.77. The van der Waals surface area contributed by atoms with E-state index in [-0.39, 0.29) is 10.8 Å². The van der Waals surface area contributed by atoms with Crippen LogP contribution in [0.25, 0.3) is 0 Å². The van der Waals surface area contributed by atoms with Gasteiger partial charge in [0.25, 0.3) is 0 Å². The van der Waals surface area contributed by atoms with Crippen LogP contribution in [0.1, 0.15) is 49.9 Å². The Kier molecular flexibility index (Phi) is 4.12. The highest BCUT2D eigenvalue weighted by atomic mass is 32.2. The fourth-order valence-electron chi connectivity index (χ4n) is 2.59. The molecule has 1 atom stereocenters. The Balaban J connectivity index is 1.53. The molecule has 0 radical (unpaired) electrons. The lowest BCUT2D eigenvalue weighted by atomic mass is 10.3. The highest BCUT2D eigenvalue weighted by molar-refractivity contribution is 7.89. The Hall–Kier alpha value is -2.13. The summed E-state index contributed by atoms with van der Waals surface area (Å²) < 4.78 is 44.1. The van der Waals surface area contributed by atoms with Crippen LogP contribution >= 0.6 is 0 Å². The Morgan fingerprint density at radius 2 is 1.96 bits per heavy atom. The Morgan fingerprint density at radius 1 is 1.20 bits per heavy atom. The second kappa shape index (κ2) is 6.30. The van der Waals surface area contributed by atoms with E-state index in [1.54, 1.807) is 13.0 Å². The molecule has 9 heteroatoms. The number of fused-ring (bicyclic) bond motifs is 1. The molecule has 0 unspecified atom stereocenters. The summed E-state index contributed by atoms with van der Waals surface area (Å²) >= 11 is 0. The van der Waals surface area contributed by atoms with Gasteiger partial charge in [0.15, 0.2) is 17.3 Å². The van der Waals surface area contributed by atoms with Crippen LogP contribution in [0.4, 0.5) is 0 Å². The van der Waals surface area contributed by atoms with Crippen LogP contribution in [0, 0.1) is 0 Å². The number of hydrogen-bond donors (Lipinski definition) is 1. The van der Waals surface area contributed by atoms with Crippen molar-refractivity contribution in [2.45, 2.75) is 43.0 Å². The summed E-state index contributed by atoms with van der Waals surface area (Å²) in [6, 6.07) is 3.95. The van der Waals surface area contributed by atoms with Gasteiger partial charge in [0.05, 0.1) is 24.2 Å². The van der Waals surface area contributed by atoms with Crippen LogP contribution in [0.2, 0.25) is 0 Å². The summed E-state index contributed by atoms with van der Waals surface area (Å²) in [5.74, 6) is 2.25. The Morgan fingerprint density at radius 3 is 2.72 bits per heavy atom. The fraction of sp³-hybridized carbons (Fsp3) is 0.500. The molecule has 1 fully saturated rings. The van der Waals surface area contributed by atoms with Crippen molar-refractivity contribution in [3.8, 4) is 11.5 Å². The van der Waals surface area contributed by atoms with E-state index < -0.39 is 16.1 Å². The first-order chi connectivity index (χ1) is 12.0. The average Bonchev–Trinajstić information content (AvgIpc) is 3.36. The normalized spacial score (nSPS) is 18.6. The van der Waals surface area contributed by atoms with E-state index in [9.17, 15) is 8.42 Å². The number of hydrogen-bond acceptors (Lipinski definition) is 7. The van der Waals surface area contributed by atoms with E-state index in [0.29, 0.717) is 36.5 Å². The van der Waals surface area contributed by atoms with E-state index >= 15 is 0 Å². The summed E-state index contributed by atoms with van der Waals surface area (Å²) in [5, 5.41) is 3.91. The first-order valence-electron chi connectivity index (χ1n) is 8.28. The lowest BCUT2D eigenvalue weighted by Crippen LogP contribution is -2.27. The molecule has 1 aliphatic carbocycles. The lowest BCUT2D eigenvalue weighted by Gasteiger charge is -2.13. The minimum atomic E-state index is -3.76. The van der Waals surface area contributed by atoms with Crippen molar-refractivity contribution in [2.75, 3.05) is 13.2 Å². The van der Waals surface area contributed by atoms with E-state index in [0.717, 1.165) is 19.3 Å². The lowest BCUT2D eigenvalue weighted by molar-refractivity contribution is 0.297. The SMILES string of the molecule is C[C@H](NS(=O)(=O)c1ccc2c(c1)OCCCO2)c1nc(C2CC2)no1. The number of sulfonamides is 1. The molecule has 4 rings (SSSR count). The van der Waals surface area contributed by atoms with Gasteiger partial charge in [-0.25, -0.2) is 8.42 Å². The zero-order chi connectivity index (χ0) is 17.4. The van der Waals surface area contributed by atoms with Gasteiger partial charge in [-0.3, -0.25) is 0 Å². The number of nitrogens with one attached hydrogen (secondary N) is 1. The van der Waals surface area contributed by atoms with Crippen molar-refractivity contribution in [3.63, 3.8) is 0 Å². The third-order valence-corrected chi connectivity index (χ3v) is 5.67. The molecule has 2 heterocycles. The summed E-state index contributed by atoms with van der Waals surface area (Å²) in [5.41, 5.74) is 0. The largest absolute Gasteiger partial charge is 0.490 e. The maximum atomic E-state index is 12.6. The molecule has 25 heavy (non-hydrogen) atoms. The average molecular weight is 365 g/mol. The molecule has 0 saturated heterocycles. The van der Waals surface area contributed by atoms with E-state index in [1.165, 1.54) is 12.1 Å². The zero-order valence-corrected chi connectivity index (χ0v) is 14.6. The van der Waals surface area contributed by atoms with E-state index in [1.807, 2.05) is 0 Å². The molecule has 134 valence electrons. The molecule has 0 spiro atoms. The molecule has 1 aliphatic heterocycles. The predicted molar refractivity (Wildman–Crippen MR) is 87.1 cm³/mol. The van der Waals surface area contributed by atoms with Gasteiger partial charge >= 0.3 is 0 Å². The highest BCUT2D eigenvalue weighted by Gasteiger charge is 2.30. The second-order valence-electron chi connectivity index (χ2n) is 6.27. The maximum absolute atomic E-state index is 12.6. The highest BCUT2D eigenvalue weighted by Crippen LogP contribution is 2.38. The van der Waals surface area contributed by atoms with Crippen LogP contribution in [0.3, 0.4) is 0 Å². The number of benzene rings is 1. The van der Waals surface area contributed by atoms with Gasteiger partial charge < -0.3 is 14.0 Å². The number of aromatic nitrogens is 2. The van der Waals surface area contributed by atoms with Crippen molar-refractivity contribution in [2.24, 2.45) is 0 Å². The molecule has 8 nitrogen and oxygen atoms in total. The molecule has 1 aromatic carbocycles. The van der Waals surface area contributed by atoms with Gasteiger partial charge in [-0.15, -0.1) is 0 Å². The van der Waals surface area contributed by atoms with Crippen LogP contribution in [-0.4, -0.2) is 31.8 Å². The summed E-state index contributed by atoms with van der Waals surface area (Å²) in [4.78, 5) is 4.39. The molecular weight excluding hydrogens is 346 g/mol. The molecule has 1 N–H and O–H groups in total. The van der Waals surface area contributed by atoms with Crippen LogP contribution < -0.4 is 14.2 Å². The molecule has 2 aliphatic rings. The number of rotatable bonds is 5. The number of ether oxygens (including phenoxy) is 2.